The zero-order valence-corrected chi connectivity index (χ0v) is 9.50. The Bertz CT molecular complexity index is 507. The van der Waals surface area contributed by atoms with Gasteiger partial charge in [0, 0.05) is 15.2 Å². The summed E-state index contributed by atoms with van der Waals surface area (Å²) in [5.41, 5.74) is -0.0594. The van der Waals surface area contributed by atoms with Crippen LogP contribution in [0.2, 0.25) is 0 Å². The predicted octanol–water partition coefficient (Wildman–Crippen LogP) is 3.86. The molecular weight excluding hydrogens is 318 g/mol. The highest BCUT2D eigenvalue weighted by Crippen LogP contribution is 2.31. The van der Waals surface area contributed by atoms with Crippen LogP contribution in [0.15, 0.2) is 30.5 Å². The maximum atomic E-state index is 12.4. The van der Waals surface area contributed by atoms with Gasteiger partial charge in [-0.25, -0.2) is 0 Å². The maximum Gasteiger partial charge on any atom is 0.416 e. The smallest absolute Gasteiger partial charge is 0.256 e. The third-order valence-electron chi connectivity index (χ3n) is 2.02. The third-order valence-corrected chi connectivity index (χ3v) is 2.96. The summed E-state index contributed by atoms with van der Waals surface area (Å²) in [5.74, 6) is 0. The Labute approximate surface area is 97.5 Å². The maximum absolute atomic E-state index is 12.4. The number of hydrogen-bond acceptors (Lipinski definition) is 1. The van der Waals surface area contributed by atoms with Gasteiger partial charge < -0.3 is 0 Å². The van der Waals surface area contributed by atoms with Gasteiger partial charge in [-0.05, 0) is 46.9 Å². The number of alkyl halides is 3. The molecule has 0 aliphatic heterocycles. The van der Waals surface area contributed by atoms with Gasteiger partial charge in [-0.3, -0.25) is 4.98 Å². The minimum atomic E-state index is -4.30. The number of nitrogens with zero attached hydrogens (tertiary/aromatic N) is 1. The van der Waals surface area contributed by atoms with Gasteiger partial charge in [0.15, 0.2) is 0 Å². The molecule has 0 bridgehead atoms. The molecule has 0 saturated heterocycles. The highest BCUT2D eigenvalue weighted by atomic mass is 127. The second-order valence-corrected chi connectivity index (χ2v) is 4.18. The Morgan fingerprint density at radius 3 is 2.53 bits per heavy atom. The van der Waals surface area contributed by atoms with Crippen LogP contribution < -0.4 is 0 Å². The Hall–Kier alpha value is -0.850. The van der Waals surface area contributed by atoms with E-state index in [1.165, 1.54) is 6.07 Å². The molecule has 5 heteroatoms. The second kappa shape index (κ2) is 3.62. The van der Waals surface area contributed by atoms with E-state index < -0.39 is 11.7 Å². The van der Waals surface area contributed by atoms with Gasteiger partial charge in [0.25, 0.3) is 0 Å². The van der Waals surface area contributed by atoms with Crippen molar-refractivity contribution < 1.29 is 13.2 Å². The molecule has 1 aromatic heterocycles. The Morgan fingerprint density at radius 2 is 1.87 bits per heavy atom. The first-order valence-electron chi connectivity index (χ1n) is 4.10. The minimum absolute atomic E-state index is 0.535. The van der Waals surface area contributed by atoms with E-state index >= 15 is 0 Å². The van der Waals surface area contributed by atoms with Gasteiger partial charge in [-0.2, -0.15) is 13.2 Å². The first-order valence-corrected chi connectivity index (χ1v) is 5.18. The van der Waals surface area contributed by atoms with Gasteiger partial charge in [-0.1, -0.05) is 0 Å². The quantitative estimate of drug-likeness (QED) is 0.671. The lowest BCUT2D eigenvalue weighted by molar-refractivity contribution is -0.137. The molecule has 15 heavy (non-hydrogen) atoms. The zero-order valence-electron chi connectivity index (χ0n) is 7.35. The number of hydrogen-bond donors (Lipinski definition) is 0. The van der Waals surface area contributed by atoms with Crippen LogP contribution in [-0.4, -0.2) is 4.98 Å². The SMILES string of the molecule is FC(F)(F)c1ccc2nccc(I)c2c1. The molecule has 1 aromatic carbocycles. The van der Waals surface area contributed by atoms with E-state index in [0.717, 1.165) is 15.7 Å². The van der Waals surface area contributed by atoms with Gasteiger partial charge in [0.05, 0.1) is 11.1 Å². The van der Waals surface area contributed by atoms with Crippen LogP contribution in [0, 0.1) is 3.57 Å². The molecule has 0 radical (unpaired) electrons. The first-order chi connectivity index (χ1) is 6.98. The minimum Gasteiger partial charge on any atom is -0.256 e. The molecule has 0 aliphatic rings. The van der Waals surface area contributed by atoms with Crippen LogP contribution >= 0.6 is 22.6 Å². The molecule has 1 nitrogen and oxygen atoms in total. The van der Waals surface area contributed by atoms with Crippen molar-refractivity contribution in [3.05, 3.63) is 39.6 Å². The van der Waals surface area contributed by atoms with Crippen LogP contribution in [0.4, 0.5) is 13.2 Å². The van der Waals surface area contributed by atoms with Crippen LogP contribution in [0.25, 0.3) is 10.9 Å². The van der Waals surface area contributed by atoms with Crippen molar-refractivity contribution >= 4 is 33.5 Å². The van der Waals surface area contributed by atoms with E-state index in [0.29, 0.717) is 10.9 Å². The highest BCUT2D eigenvalue weighted by Gasteiger charge is 2.30. The molecule has 0 atom stereocenters. The Balaban J connectivity index is 2.70. The van der Waals surface area contributed by atoms with E-state index in [-0.39, 0.29) is 0 Å². The molecular formula is C10H5F3IN. The molecule has 0 saturated carbocycles. The van der Waals surface area contributed by atoms with Crippen molar-refractivity contribution in [3.63, 3.8) is 0 Å². The summed E-state index contributed by atoms with van der Waals surface area (Å²) in [7, 11) is 0. The molecule has 2 aromatic rings. The molecule has 1 heterocycles. The van der Waals surface area contributed by atoms with Gasteiger partial charge in [0.1, 0.15) is 0 Å². The lowest BCUT2D eigenvalue weighted by atomic mass is 10.1. The van der Waals surface area contributed by atoms with Crippen molar-refractivity contribution in [1.29, 1.82) is 0 Å². The van der Waals surface area contributed by atoms with Crippen LogP contribution in [0.1, 0.15) is 5.56 Å². The lowest BCUT2D eigenvalue weighted by Crippen LogP contribution is -2.04. The molecule has 0 N–H and O–H groups in total. The normalized spacial score (nSPS) is 12.0. The number of halogens is 4. The van der Waals surface area contributed by atoms with E-state index in [1.54, 1.807) is 12.3 Å². The van der Waals surface area contributed by atoms with Crippen LogP contribution in [-0.2, 0) is 6.18 Å². The molecule has 2 rings (SSSR count). The summed E-state index contributed by atoms with van der Waals surface area (Å²) < 4.78 is 38.0. The first kappa shape index (κ1) is 10.7. The molecule has 0 unspecified atom stereocenters. The average Bonchev–Trinajstić information content (AvgIpc) is 2.16. The molecule has 0 amide bonds. The third kappa shape index (κ3) is 2.06. The number of fused-ring (bicyclic) bond motifs is 1. The number of aromatic nitrogens is 1. The summed E-state index contributed by atoms with van der Waals surface area (Å²) in [5, 5.41) is 0.535. The van der Waals surface area contributed by atoms with Crippen molar-refractivity contribution in [2.24, 2.45) is 0 Å². The summed E-state index contributed by atoms with van der Waals surface area (Å²) in [4.78, 5) is 3.99. The number of rotatable bonds is 0. The fourth-order valence-electron chi connectivity index (χ4n) is 1.29. The number of benzene rings is 1. The Morgan fingerprint density at radius 1 is 1.13 bits per heavy atom. The van der Waals surface area contributed by atoms with Gasteiger partial charge >= 0.3 is 6.18 Å². The van der Waals surface area contributed by atoms with Crippen LogP contribution in [0.3, 0.4) is 0 Å². The molecule has 0 fully saturated rings. The van der Waals surface area contributed by atoms with E-state index in [1.807, 2.05) is 22.6 Å². The standard InChI is InChI=1S/C10H5F3IN/c11-10(12,13)6-1-2-9-7(5-6)8(14)3-4-15-9/h1-5H. The fourth-order valence-corrected chi connectivity index (χ4v) is 1.88. The molecule has 0 spiro atoms. The van der Waals surface area contributed by atoms with E-state index in [4.69, 9.17) is 0 Å². The summed E-state index contributed by atoms with van der Waals surface area (Å²) >= 11 is 2.00. The van der Waals surface area contributed by atoms with Crippen molar-refractivity contribution in [2.75, 3.05) is 0 Å². The largest absolute Gasteiger partial charge is 0.416 e. The highest BCUT2D eigenvalue weighted by molar-refractivity contribution is 14.1. The summed E-state index contributed by atoms with van der Waals surface area (Å²) in [6, 6.07) is 5.25. The Kier molecular flexibility index (Phi) is 2.57. The van der Waals surface area contributed by atoms with E-state index in [9.17, 15) is 13.2 Å². The van der Waals surface area contributed by atoms with Crippen molar-refractivity contribution in [1.82, 2.24) is 4.98 Å². The summed E-state index contributed by atoms with van der Waals surface area (Å²) in [6.45, 7) is 0. The number of pyridine rings is 1. The lowest BCUT2D eigenvalue weighted by Gasteiger charge is -2.07. The molecule has 78 valence electrons. The summed E-state index contributed by atoms with van der Waals surface area (Å²) in [6.07, 6.45) is -2.72. The van der Waals surface area contributed by atoms with Gasteiger partial charge in [0.2, 0.25) is 0 Å². The van der Waals surface area contributed by atoms with Crippen molar-refractivity contribution in [2.45, 2.75) is 6.18 Å². The van der Waals surface area contributed by atoms with E-state index in [2.05, 4.69) is 4.98 Å². The molecule has 0 aliphatic carbocycles. The predicted molar refractivity (Wildman–Crippen MR) is 59.5 cm³/mol. The second-order valence-electron chi connectivity index (χ2n) is 3.02. The van der Waals surface area contributed by atoms with Crippen molar-refractivity contribution in [3.8, 4) is 0 Å². The van der Waals surface area contributed by atoms with Crippen LogP contribution in [0.5, 0.6) is 0 Å². The topological polar surface area (TPSA) is 12.9 Å². The average molecular weight is 323 g/mol. The zero-order chi connectivity index (χ0) is 11.1. The monoisotopic (exact) mass is 323 g/mol. The fraction of sp³-hybridized carbons (Fsp3) is 0.100. The van der Waals surface area contributed by atoms with Gasteiger partial charge in [-0.15, -0.1) is 0 Å².